The van der Waals surface area contributed by atoms with Gasteiger partial charge in [-0.2, -0.15) is 0 Å². The molecule has 0 aliphatic carbocycles. The average Bonchev–Trinajstić information content (AvgIpc) is 2.93. The monoisotopic (exact) mass is 306 g/mol. The maximum absolute atomic E-state index is 5.77. The van der Waals surface area contributed by atoms with Gasteiger partial charge in [0.1, 0.15) is 0 Å². The molecule has 0 saturated heterocycles. The van der Waals surface area contributed by atoms with Crippen LogP contribution < -0.4 is 14.8 Å². The Kier molecular flexibility index (Phi) is 6.02. The van der Waals surface area contributed by atoms with Gasteiger partial charge in [0.25, 0.3) is 0 Å². The Balaban J connectivity index is 1.81. The lowest BCUT2D eigenvalue weighted by Crippen LogP contribution is -2.21. The van der Waals surface area contributed by atoms with Crippen molar-refractivity contribution in [2.24, 2.45) is 0 Å². The van der Waals surface area contributed by atoms with Crippen molar-refractivity contribution in [1.29, 1.82) is 0 Å². The molecule has 0 fully saturated rings. The van der Waals surface area contributed by atoms with Crippen molar-refractivity contribution in [1.82, 2.24) is 10.3 Å². The summed E-state index contributed by atoms with van der Waals surface area (Å²) in [4.78, 5) is 4.60. The number of nitrogens with one attached hydrogen (secondary N) is 1. The van der Waals surface area contributed by atoms with Gasteiger partial charge in [-0.15, -0.1) is 11.3 Å². The molecule has 21 heavy (non-hydrogen) atoms. The minimum atomic E-state index is 0.476. The van der Waals surface area contributed by atoms with Crippen molar-refractivity contribution in [2.45, 2.75) is 32.9 Å². The van der Waals surface area contributed by atoms with Crippen LogP contribution in [-0.4, -0.2) is 24.7 Å². The molecule has 2 aromatic rings. The van der Waals surface area contributed by atoms with E-state index in [0.717, 1.165) is 35.2 Å². The van der Waals surface area contributed by atoms with Crippen LogP contribution in [0.5, 0.6) is 11.5 Å². The van der Waals surface area contributed by atoms with E-state index in [0.29, 0.717) is 12.6 Å². The maximum Gasteiger partial charge on any atom is 0.161 e. The number of thiazole rings is 1. The van der Waals surface area contributed by atoms with Crippen molar-refractivity contribution in [3.8, 4) is 11.5 Å². The molecule has 0 radical (unpaired) electrons. The summed E-state index contributed by atoms with van der Waals surface area (Å²) in [6, 6.07) is 8.16. The standard InChI is InChI=1S/C16H22N2O2S/c1-12(2)17-10-13-11-21-16(18-13)8-9-20-15-7-5-4-6-14(15)19-3/h4-7,11-12,17H,8-10H2,1-3H3. The van der Waals surface area contributed by atoms with Gasteiger partial charge in [-0.1, -0.05) is 26.0 Å². The van der Waals surface area contributed by atoms with Gasteiger partial charge < -0.3 is 14.8 Å². The molecule has 0 aliphatic heterocycles. The van der Waals surface area contributed by atoms with Crippen LogP contribution in [0.3, 0.4) is 0 Å². The van der Waals surface area contributed by atoms with Crippen LogP contribution in [0, 0.1) is 0 Å². The van der Waals surface area contributed by atoms with E-state index in [2.05, 4.69) is 29.5 Å². The largest absolute Gasteiger partial charge is 0.493 e. The van der Waals surface area contributed by atoms with Crippen LogP contribution in [0.1, 0.15) is 24.5 Å². The molecule has 0 unspecified atom stereocenters. The van der Waals surface area contributed by atoms with Crippen molar-refractivity contribution >= 4 is 11.3 Å². The lowest BCUT2D eigenvalue weighted by atomic mass is 10.3. The number of ether oxygens (including phenoxy) is 2. The third-order valence-electron chi connectivity index (χ3n) is 2.93. The normalized spacial score (nSPS) is 10.9. The molecule has 1 aromatic heterocycles. The number of hydrogen-bond acceptors (Lipinski definition) is 5. The van der Waals surface area contributed by atoms with Gasteiger partial charge in [-0.3, -0.25) is 0 Å². The highest BCUT2D eigenvalue weighted by Gasteiger charge is 2.05. The van der Waals surface area contributed by atoms with Gasteiger partial charge in [0, 0.05) is 24.4 Å². The summed E-state index contributed by atoms with van der Waals surface area (Å²) in [7, 11) is 1.65. The molecule has 0 bridgehead atoms. The first-order valence-electron chi connectivity index (χ1n) is 7.11. The molecule has 5 heteroatoms. The highest BCUT2D eigenvalue weighted by atomic mass is 32.1. The molecular formula is C16H22N2O2S. The summed E-state index contributed by atoms with van der Waals surface area (Å²) in [5.41, 5.74) is 1.10. The summed E-state index contributed by atoms with van der Waals surface area (Å²) in [5.74, 6) is 1.54. The molecule has 0 amide bonds. The van der Waals surface area contributed by atoms with Crippen LogP contribution in [-0.2, 0) is 13.0 Å². The second kappa shape index (κ2) is 8.00. The summed E-state index contributed by atoms with van der Waals surface area (Å²) in [5, 5.41) is 6.58. The summed E-state index contributed by atoms with van der Waals surface area (Å²) >= 11 is 1.68. The lowest BCUT2D eigenvalue weighted by Gasteiger charge is -2.09. The predicted molar refractivity (Wildman–Crippen MR) is 86.3 cm³/mol. The highest BCUT2D eigenvalue weighted by Crippen LogP contribution is 2.25. The molecule has 0 spiro atoms. The van der Waals surface area contributed by atoms with E-state index in [1.807, 2.05) is 24.3 Å². The average molecular weight is 306 g/mol. The minimum Gasteiger partial charge on any atom is -0.493 e. The Morgan fingerprint density at radius 2 is 2.00 bits per heavy atom. The second-order valence-electron chi connectivity index (χ2n) is 5.02. The number of para-hydroxylation sites is 2. The maximum atomic E-state index is 5.77. The SMILES string of the molecule is COc1ccccc1OCCc1nc(CNC(C)C)cs1. The van der Waals surface area contributed by atoms with E-state index in [9.17, 15) is 0 Å². The fraction of sp³-hybridized carbons (Fsp3) is 0.438. The van der Waals surface area contributed by atoms with E-state index in [-0.39, 0.29) is 0 Å². The smallest absolute Gasteiger partial charge is 0.161 e. The Hall–Kier alpha value is -1.59. The fourth-order valence-corrected chi connectivity index (χ4v) is 2.62. The quantitative estimate of drug-likeness (QED) is 0.813. The highest BCUT2D eigenvalue weighted by molar-refractivity contribution is 7.09. The van der Waals surface area contributed by atoms with Crippen LogP contribution in [0.15, 0.2) is 29.6 Å². The topological polar surface area (TPSA) is 43.4 Å². The number of rotatable bonds is 8. The zero-order valence-electron chi connectivity index (χ0n) is 12.8. The predicted octanol–water partition coefficient (Wildman–Crippen LogP) is 3.27. The fourth-order valence-electron chi connectivity index (χ4n) is 1.84. The number of nitrogens with zero attached hydrogens (tertiary/aromatic N) is 1. The number of aromatic nitrogens is 1. The third kappa shape index (κ3) is 5.02. The lowest BCUT2D eigenvalue weighted by molar-refractivity contribution is 0.297. The minimum absolute atomic E-state index is 0.476. The molecule has 0 saturated carbocycles. The van der Waals surface area contributed by atoms with Gasteiger partial charge >= 0.3 is 0 Å². The van der Waals surface area contributed by atoms with Gasteiger partial charge in [0.2, 0.25) is 0 Å². The molecular weight excluding hydrogens is 284 g/mol. The second-order valence-corrected chi connectivity index (χ2v) is 5.96. The van der Waals surface area contributed by atoms with Crippen LogP contribution in [0.4, 0.5) is 0 Å². The van der Waals surface area contributed by atoms with E-state index >= 15 is 0 Å². The van der Waals surface area contributed by atoms with Crippen LogP contribution >= 0.6 is 11.3 Å². The molecule has 114 valence electrons. The van der Waals surface area contributed by atoms with Gasteiger partial charge in [0.05, 0.1) is 24.4 Å². The van der Waals surface area contributed by atoms with Crippen LogP contribution in [0.25, 0.3) is 0 Å². The molecule has 2 rings (SSSR count). The first kappa shape index (κ1) is 15.8. The number of benzene rings is 1. The number of hydrogen-bond donors (Lipinski definition) is 1. The van der Waals surface area contributed by atoms with Crippen molar-refractivity contribution < 1.29 is 9.47 Å². The van der Waals surface area contributed by atoms with E-state index in [1.54, 1.807) is 18.4 Å². The molecule has 0 atom stereocenters. The molecule has 4 nitrogen and oxygen atoms in total. The first-order chi connectivity index (χ1) is 10.2. The van der Waals surface area contributed by atoms with Gasteiger partial charge in [-0.05, 0) is 12.1 Å². The van der Waals surface area contributed by atoms with Gasteiger partial charge in [0.15, 0.2) is 11.5 Å². The number of methoxy groups -OCH3 is 1. The Bertz CT molecular complexity index is 555. The van der Waals surface area contributed by atoms with E-state index in [1.165, 1.54) is 0 Å². The summed E-state index contributed by atoms with van der Waals surface area (Å²) in [6.07, 6.45) is 0.810. The van der Waals surface area contributed by atoms with Crippen LogP contribution in [0.2, 0.25) is 0 Å². The van der Waals surface area contributed by atoms with Crippen molar-refractivity contribution in [3.05, 3.63) is 40.3 Å². The van der Waals surface area contributed by atoms with Crippen molar-refractivity contribution in [2.75, 3.05) is 13.7 Å². The Labute approximate surface area is 130 Å². The first-order valence-corrected chi connectivity index (χ1v) is 7.99. The van der Waals surface area contributed by atoms with Gasteiger partial charge in [-0.25, -0.2) is 4.98 Å². The zero-order valence-corrected chi connectivity index (χ0v) is 13.6. The molecule has 1 N–H and O–H groups in total. The zero-order chi connectivity index (χ0) is 15.1. The Morgan fingerprint density at radius 1 is 1.24 bits per heavy atom. The van der Waals surface area contributed by atoms with E-state index < -0.39 is 0 Å². The summed E-state index contributed by atoms with van der Waals surface area (Å²) < 4.78 is 11.0. The van der Waals surface area contributed by atoms with Crippen molar-refractivity contribution in [3.63, 3.8) is 0 Å². The molecule has 1 heterocycles. The Morgan fingerprint density at radius 3 is 2.71 bits per heavy atom. The third-order valence-corrected chi connectivity index (χ3v) is 3.89. The molecule has 1 aromatic carbocycles. The van der Waals surface area contributed by atoms with E-state index in [4.69, 9.17) is 9.47 Å². The summed E-state index contributed by atoms with van der Waals surface area (Å²) in [6.45, 7) is 5.69. The molecule has 0 aliphatic rings.